The Morgan fingerprint density at radius 3 is 2.38 bits per heavy atom. The largest absolute Gasteiger partial charge is 0.486 e. The molecule has 0 saturated heterocycles. The Kier molecular flexibility index (Phi) is 7.47. The number of fused-ring (bicyclic) bond motifs is 6. The lowest BCUT2D eigenvalue weighted by atomic mass is 9.97. The molecular weight excluding hydrogens is 765 g/mol. The smallest absolute Gasteiger partial charge is 0.257 e. The van der Waals surface area contributed by atoms with Gasteiger partial charge in [-0.3, -0.25) is 4.98 Å². The highest BCUT2D eigenvalue weighted by Gasteiger charge is 2.39. The van der Waals surface area contributed by atoms with Crippen LogP contribution in [0.25, 0.3) is 55.0 Å². The third kappa shape index (κ3) is 5.53. The van der Waals surface area contributed by atoms with Crippen LogP contribution in [0.3, 0.4) is 0 Å². The van der Waals surface area contributed by atoms with Gasteiger partial charge in [-0.15, -0.1) is 5.10 Å². The van der Waals surface area contributed by atoms with E-state index in [0.717, 1.165) is 38.1 Å². The van der Waals surface area contributed by atoms with E-state index in [4.69, 9.17) is 47.9 Å². The minimum absolute atomic E-state index is 0.385. The predicted octanol–water partition coefficient (Wildman–Crippen LogP) is 6.72. The van der Waals surface area contributed by atoms with Crippen molar-refractivity contribution in [1.29, 1.82) is 0 Å². The number of H-pyrrole nitrogens is 1. The molecule has 0 aliphatic carbocycles. The molecule has 0 amide bonds. The molecule has 0 saturated carbocycles. The molecule has 8 aromatic rings. The van der Waals surface area contributed by atoms with Crippen LogP contribution in [0.5, 0.6) is 46.3 Å². The van der Waals surface area contributed by atoms with Crippen LogP contribution in [0.1, 0.15) is 23.5 Å². The second kappa shape index (κ2) is 13.2. The van der Waals surface area contributed by atoms with Crippen LogP contribution in [0.2, 0.25) is 0 Å². The van der Waals surface area contributed by atoms with E-state index in [2.05, 4.69) is 35.6 Å². The lowest BCUT2D eigenvalue weighted by molar-refractivity contribution is 0.0156. The zero-order valence-corrected chi connectivity index (χ0v) is 31.0. The first kappa shape index (κ1) is 32.9. The van der Waals surface area contributed by atoms with Gasteiger partial charge in [0.2, 0.25) is 0 Å². The summed E-state index contributed by atoms with van der Waals surface area (Å²) in [4.78, 5) is 27.9. The van der Waals surface area contributed by atoms with Crippen LogP contribution in [-0.2, 0) is 0 Å². The van der Waals surface area contributed by atoms with E-state index < -0.39 is 12.2 Å². The summed E-state index contributed by atoms with van der Waals surface area (Å²) in [6.07, 6.45) is 5.46. The summed E-state index contributed by atoms with van der Waals surface area (Å²) in [7, 11) is 0. The molecule has 1 N–H and O–H groups in total. The Bertz CT molecular complexity index is 2940. The lowest BCUT2D eigenvalue weighted by Crippen LogP contribution is -2.28. The molecule has 4 aliphatic heterocycles. The van der Waals surface area contributed by atoms with E-state index in [1.165, 1.54) is 11.5 Å². The Morgan fingerprint density at radius 1 is 0.603 bits per heavy atom. The van der Waals surface area contributed by atoms with Gasteiger partial charge >= 0.3 is 0 Å². The van der Waals surface area contributed by atoms with Gasteiger partial charge in [0.05, 0.1) is 17.6 Å². The van der Waals surface area contributed by atoms with E-state index >= 15 is 0 Å². The first-order valence-corrected chi connectivity index (χ1v) is 19.3. The van der Waals surface area contributed by atoms with Crippen molar-refractivity contribution in [2.75, 3.05) is 39.6 Å². The van der Waals surface area contributed by atoms with Crippen LogP contribution in [0.15, 0.2) is 79.4 Å². The highest BCUT2D eigenvalue weighted by atomic mass is 32.1. The predicted molar refractivity (Wildman–Crippen MR) is 207 cm³/mol. The average Bonchev–Trinajstić information content (AvgIpc) is 3.95. The third-order valence-electron chi connectivity index (χ3n) is 10.3. The molecule has 0 bridgehead atoms. The minimum atomic E-state index is -0.761. The van der Waals surface area contributed by atoms with Crippen LogP contribution < -0.4 is 37.9 Å². The number of hydrogen-bond donors (Lipinski definition) is 1. The van der Waals surface area contributed by atoms with Crippen LogP contribution in [0, 0.1) is 0 Å². The van der Waals surface area contributed by atoms with Crippen molar-refractivity contribution in [3.05, 3.63) is 90.6 Å². The number of aromatic amines is 1. The number of nitrogens with zero attached hydrogens (tertiary/aromatic N) is 7. The van der Waals surface area contributed by atoms with Crippen LogP contribution in [-0.4, -0.2) is 79.1 Å². The van der Waals surface area contributed by atoms with E-state index in [9.17, 15) is 0 Å². The molecule has 286 valence electrons. The van der Waals surface area contributed by atoms with Crippen molar-refractivity contribution in [3.63, 3.8) is 0 Å². The van der Waals surface area contributed by atoms with Crippen molar-refractivity contribution in [2.24, 2.45) is 0 Å². The number of ether oxygens (including phenoxy) is 8. The standard InChI is InChI=1S/C41H28N8O8S/c1-2-30-40(55-10-7-50-30)47-26(1)25-11-20(27-15-24-23(3-4-42-38(24)46-27)21-12-29-41(45-17-21)58-49-48-29)13-32-36(25)57-35(22-14-33-39(44-18-22)54-9-8-52-33)37(56-32)28-16-31-34(19-43-28)53-6-5-51-31/h1-4,11-19,35,37H,5-10H2,(H,42,46). The summed E-state index contributed by atoms with van der Waals surface area (Å²) in [5, 5.41) is 5.14. The fourth-order valence-corrected chi connectivity index (χ4v) is 8.07. The number of pyridine rings is 5. The van der Waals surface area contributed by atoms with Gasteiger partial charge in [0.15, 0.2) is 51.5 Å². The van der Waals surface area contributed by atoms with E-state index in [-0.39, 0.29) is 0 Å². The Balaban J connectivity index is 1.03. The number of nitrogens with one attached hydrogen (secondary N) is 1. The highest BCUT2D eigenvalue weighted by Crippen LogP contribution is 2.53. The molecule has 7 aromatic heterocycles. The maximum absolute atomic E-state index is 7.08. The third-order valence-corrected chi connectivity index (χ3v) is 10.9. The molecule has 11 heterocycles. The Morgan fingerprint density at radius 2 is 1.45 bits per heavy atom. The lowest BCUT2D eigenvalue weighted by Gasteiger charge is -2.35. The van der Waals surface area contributed by atoms with Crippen LogP contribution >= 0.6 is 11.5 Å². The highest BCUT2D eigenvalue weighted by molar-refractivity contribution is 7.12. The molecular formula is C41H28N8O8S. The molecule has 58 heavy (non-hydrogen) atoms. The number of hydrogen-bond acceptors (Lipinski definition) is 16. The average molecular weight is 793 g/mol. The van der Waals surface area contributed by atoms with E-state index in [1.54, 1.807) is 18.6 Å². The SMILES string of the molecule is c1cc(-c2cnc3snnc3c2)c2cc(-c3cc4c(c(-c5ccc6c(n5)OCCO6)c3)OC(c3cnc5c(c3)OCCO5)C(c3cc5c(cn3)OCCO5)O4)[nH]c2n1. The molecule has 16 nitrogen and oxygen atoms in total. The van der Waals surface area contributed by atoms with Gasteiger partial charge in [0, 0.05) is 69.5 Å². The zero-order chi connectivity index (χ0) is 38.2. The second-order valence-corrected chi connectivity index (χ2v) is 14.5. The molecule has 1 aromatic carbocycles. The monoisotopic (exact) mass is 792 g/mol. The number of benzene rings is 1. The minimum Gasteiger partial charge on any atom is -0.486 e. The van der Waals surface area contributed by atoms with Gasteiger partial charge in [-0.05, 0) is 54.1 Å². The van der Waals surface area contributed by atoms with Gasteiger partial charge in [0.25, 0.3) is 11.8 Å². The van der Waals surface area contributed by atoms with Gasteiger partial charge in [0.1, 0.15) is 50.8 Å². The molecule has 0 spiro atoms. The number of aromatic nitrogens is 8. The fourth-order valence-electron chi connectivity index (χ4n) is 7.57. The summed E-state index contributed by atoms with van der Waals surface area (Å²) >= 11 is 1.26. The van der Waals surface area contributed by atoms with Crippen molar-refractivity contribution < 1.29 is 37.9 Å². The van der Waals surface area contributed by atoms with Gasteiger partial charge in [-0.1, -0.05) is 4.49 Å². The van der Waals surface area contributed by atoms with Crippen LogP contribution in [0.4, 0.5) is 0 Å². The molecule has 4 aliphatic rings. The molecule has 12 rings (SSSR count). The van der Waals surface area contributed by atoms with Crippen molar-refractivity contribution in [2.45, 2.75) is 12.2 Å². The fraction of sp³-hybridized carbons (Fsp3) is 0.195. The van der Waals surface area contributed by atoms with Crippen molar-refractivity contribution in [1.82, 2.24) is 39.5 Å². The first-order valence-electron chi connectivity index (χ1n) is 18.5. The summed E-state index contributed by atoms with van der Waals surface area (Å²) in [6.45, 7) is 2.50. The van der Waals surface area contributed by atoms with Gasteiger partial charge < -0.3 is 42.9 Å². The van der Waals surface area contributed by atoms with Gasteiger partial charge in [-0.25, -0.2) is 19.9 Å². The number of rotatable bonds is 5. The van der Waals surface area contributed by atoms with Gasteiger partial charge in [-0.2, -0.15) is 0 Å². The Hall–Kier alpha value is -7.27. The molecule has 17 heteroatoms. The molecule has 0 radical (unpaired) electrons. The molecule has 2 unspecified atom stereocenters. The van der Waals surface area contributed by atoms with Crippen molar-refractivity contribution >= 4 is 32.9 Å². The van der Waals surface area contributed by atoms with E-state index in [1.807, 2.05) is 54.7 Å². The topological polar surface area (TPSA) is 180 Å². The summed E-state index contributed by atoms with van der Waals surface area (Å²) in [6, 6.07) is 17.4. The molecule has 2 atom stereocenters. The van der Waals surface area contributed by atoms with E-state index in [0.29, 0.717) is 114 Å². The Labute approximate surface area is 331 Å². The summed E-state index contributed by atoms with van der Waals surface area (Å²) in [5.74, 6) is 3.95. The summed E-state index contributed by atoms with van der Waals surface area (Å²) < 4.78 is 53.4. The second-order valence-electron chi connectivity index (χ2n) is 13.8. The summed E-state index contributed by atoms with van der Waals surface area (Å²) in [5.41, 5.74) is 7.37. The first-order chi connectivity index (χ1) is 28.7. The normalized spacial score (nSPS) is 17.7. The van der Waals surface area contributed by atoms with Crippen molar-refractivity contribution in [3.8, 4) is 79.9 Å². The maximum Gasteiger partial charge on any atom is 0.257 e. The quantitative estimate of drug-likeness (QED) is 0.194. The maximum atomic E-state index is 7.08. The zero-order valence-electron chi connectivity index (χ0n) is 30.2. The molecule has 0 fully saturated rings.